The standard InChI is InChI=1S/C10H14ClNOS/c11-8-3-6-14-10(8)9(13)7-1-4-12-5-2-7/h3,6-7,9,12-13H,1-2,4-5H2. The van der Waals surface area contributed by atoms with Crippen molar-refractivity contribution in [3.63, 3.8) is 0 Å². The molecule has 1 saturated heterocycles. The maximum atomic E-state index is 10.1. The van der Waals surface area contributed by atoms with Gasteiger partial charge in [-0.2, -0.15) is 0 Å². The lowest BCUT2D eigenvalue weighted by Gasteiger charge is -2.26. The minimum Gasteiger partial charge on any atom is -0.387 e. The van der Waals surface area contributed by atoms with Crippen molar-refractivity contribution in [2.45, 2.75) is 18.9 Å². The van der Waals surface area contributed by atoms with Crippen LogP contribution in [0.3, 0.4) is 0 Å². The van der Waals surface area contributed by atoms with Crippen LogP contribution in [0.15, 0.2) is 11.4 Å². The fraction of sp³-hybridized carbons (Fsp3) is 0.600. The summed E-state index contributed by atoms with van der Waals surface area (Å²) in [5.74, 6) is 0.368. The number of hydrogen-bond acceptors (Lipinski definition) is 3. The number of piperidine rings is 1. The fourth-order valence-electron chi connectivity index (χ4n) is 1.89. The molecule has 14 heavy (non-hydrogen) atoms. The molecule has 2 rings (SSSR count). The molecule has 78 valence electrons. The van der Waals surface area contributed by atoms with Crippen molar-refractivity contribution in [2.24, 2.45) is 5.92 Å². The zero-order chi connectivity index (χ0) is 9.97. The number of rotatable bonds is 2. The van der Waals surface area contributed by atoms with Crippen molar-refractivity contribution >= 4 is 22.9 Å². The third-order valence-electron chi connectivity index (χ3n) is 2.74. The predicted octanol–water partition coefficient (Wildman–Crippen LogP) is 2.43. The van der Waals surface area contributed by atoms with Gasteiger partial charge in [-0.25, -0.2) is 0 Å². The molecule has 1 aromatic rings. The smallest absolute Gasteiger partial charge is 0.0925 e. The normalized spacial score (nSPS) is 21.0. The molecule has 0 saturated carbocycles. The van der Waals surface area contributed by atoms with Gasteiger partial charge in [0.25, 0.3) is 0 Å². The van der Waals surface area contributed by atoms with Crippen LogP contribution in [0.2, 0.25) is 5.02 Å². The molecular formula is C10H14ClNOS. The number of halogens is 1. The van der Waals surface area contributed by atoms with E-state index in [1.54, 1.807) is 11.3 Å². The number of aliphatic hydroxyl groups is 1. The summed E-state index contributed by atoms with van der Waals surface area (Å²) in [7, 11) is 0. The van der Waals surface area contributed by atoms with Crippen LogP contribution in [0.4, 0.5) is 0 Å². The van der Waals surface area contributed by atoms with Crippen LogP contribution in [0.1, 0.15) is 23.8 Å². The molecule has 0 aromatic carbocycles. The molecule has 1 atom stereocenters. The molecule has 0 radical (unpaired) electrons. The lowest BCUT2D eigenvalue weighted by atomic mass is 9.91. The summed E-state index contributed by atoms with van der Waals surface area (Å²) in [5.41, 5.74) is 0. The number of hydrogen-bond donors (Lipinski definition) is 2. The Morgan fingerprint density at radius 2 is 2.21 bits per heavy atom. The van der Waals surface area contributed by atoms with E-state index in [0.29, 0.717) is 10.9 Å². The van der Waals surface area contributed by atoms with Crippen molar-refractivity contribution < 1.29 is 5.11 Å². The second kappa shape index (κ2) is 4.62. The Balaban J connectivity index is 2.07. The highest BCUT2D eigenvalue weighted by molar-refractivity contribution is 7.10. The Bertz CT molecular complexity index is 296. The van der Waals surface area contributed by atoms with E-state index >= 15 is 0 Å². The number of aliphatic hydroxyl groups excluding tert-OH is 1. The van der Waals surface area contributed by atoms with Crippen LogP contribution >= 0.6 is 22.9 Å². The predicted molar refractivity (Wildman–Crippen MR) is 59.9 cm³/mol. The molecule has 1 unspecified atom stereocenters. The summed E-state index contributed by atoms with van der Waals surface area (Å²) < 4.78 is 0. The Kier molecular flexibility index (Phi) is 3.44. The molecule has 0 aliphatic carbocycles. The summed E-state index contributed by atoms with van der Waals surface area (Å²) in [4.78, 5) is 0.929. The molecule has 1 aliphatic rings. The second-order valence-electron chi connectivity index (χ2n) is 3.67. The lowest BCUT2D eigenvalue weighted by molar-refractivity contribution is 0.0921. The fourth-order valence-corrected chi connectivity index (χ4v) is 3.14. The first kappa shape index (κ1) is 10.4. The summed E-state index contributed by atoms with van der Waals surface area (Å²) in [5, 5.41) is 16.0. The summed E-state index contributed by atoms with van der Waals surface area (Å²) in [6.07, 6.45) is 1.70. The van der Waals surface area contributed by atoms with E-state index in [2.05, 4.69) is 5.32 Å². The summed E-state index contributed by atoms with van der Waals surface area (Å²) in [6.45, 7) is 2.01. The van der Waals surface area contributed by atoms with E-state index in [0.717, 1.165) is 30.8 Å². The molecule has 1 aromatic heterocycles. The van der Waals surface area contributed by atoms with E-state index in [1.807, 2.05) is 11.4 Å². The first-order valence-electron chi connectivity index (χ1n) is 4.90. The molecular weight excluding hydrogens is 218 g/mol. The molecule has 2 N–H and O–H groups in total. The highest BCUT2D eigenvalue weighted by Crippen LogP contribution is 2.36. The van der Waals surface area contributed by atoms with E-state index < -0.39 is 0 Å². The highest BCUT2D eigenvalue weighted by Gasteiger charge is 2.25. The molecule has 0 spiro atoms. The van der Waals surface area contributed by atoms with Gasteiger partial charge in [-0.3, -0.25) is 0 Å². The molecule has 0 bridgehead atoms. The van der Waals surface area contributed by atoms with Gasteiger partial charge < -0.3 is 10.4 Å². The molecule has 1 fully saturated rings. The molecule has 2 heterocycles. The average molecular weight is 232 g/mol. The summed E-state index contributed by atoms with van der Waals surface area (Å²) >= 11 is 7.54. The van der Waals surface area contributed by atoms with E-state index in [1.165, 1.54) is 0 Å². The van der Waals surface area contributed by atoms with Gasteiger partial charge in [-0.05, 0) is 43.3 Å². The first-order chi connectivity index (χ1) is 6.79. The highest BCUT2D eigenvalue weighted by atomic mass is 35.5. The van der Waals surface area contributed by atoms with Crippen LogP contribution in [-0.2, 0) is 0 Å². The maximum Gasteiger partial charge on any atom is 0.0925 e. The van der Waals surface area contributed by atoms with Crippen LogP contribution in [-0.4, -0.2) is 18.2 Å². The van der Waals surface area contributed by atoms with Crippen molar-refractivity contribution in [1.82, 2.24) is 5.32 Å². The third kappa shape index (κ3) is 2.11. The van der Waals surface area contributed by atoms with Crippen LogP contribution in [0, 0.1) is 5.92 Å². The van der Waals surface area contributed by atoms with Gasteiger partial charge in [0, 0.05) is 0 Å². The first-order valence-corrected chi connectivity index (χ1v) is 6.16. The van der Waals surface area contributed by atoms with Gasteiger partial charge in [0.05, 0.1) is 16.0 Å². The van der Waals surface area contributed by atoms with Crippen LogP contribution < -0.4 is 5.32 Å². The monoisotopic (exact) mass is 231 g/mol. The summed E-state index contributed by atoms with van der Waals surface area (Å²) in [6, 6.07) is 1.85. The van der Waals surface area contributed by atoms with Gasteiger partial charge in [0.2, 0.25) is 0 Å². The average Bonchev–Trinajstić information content (AvgIpc) is 2.65. The largest absolute Gasteiger partial charge is 0.387 e. The van der Waals surface area contributed by atoms with Gasteiger partial charge in [-0.1, -0.05) is 11.6 Å². The Morgan fingerprint density at radius 1 is 1.50 bits per heavy atom. The molecule has 2 nitrogen and oxygen atoms in total. The van der Waals surface area contributed by atoms with E-state index in [9.17, 15) is 5.11 Å². The Labute approximate surface area is 92.9 Å². The van der Waals surface area contributed by atoms with Crippen molar-refractivity contribution in [1.29, 1.82) is 0 Å². The van der Waals surface area contributed by atoms with Crippen molar-refractivity contribution in [3.05, 3.63) is 21.3 Å². The minimum atomic E-state index is -0.371. The van der Waals surface area contributed by atoms with E-state index in [4.69, 9.17) is 11.6 Å². The van der Waals surface area contributed by atoms with Crippen molar-refractivity contribution in [3.8, 4) is 0 Å². The molecule has 0 amide bonds. The zero-order valence-corrected chi connectivity index (χ0v) is 9.44. The minimum absolute atomic E-state index is 0.368. The van der Waals surface area contributed by atoms with Gasteiger partial charge in [0.15, 0.2) is 0 Å². The SMILES string of the molecule is OC(c1sccc1Cl)C1CCNCC1. The Hall–Kier alpha value is -0.0900. The Morgan fingerprint density at radius 3 is 2.79 bits per heavy atom. The van der Waals surface area contributed by atoms with Crippen molar-refractivity contribution in [2.75, 3.05) is 13.1 Å². The number of thiophene rings is 1. The third-order valence-corrected chi connectivity index (χ3v) is 4.17. The number of nitrogens with one attached hydrogen (secondary N) is 1. The quantitative estimate of drug-likeness (QED) is 0.820. The van der Waals surface area contributed by atoms with Gasteiger partial charge in [0.1, 0.15) is 0 Å². The molecule has 1 aliphatic heterocycles. The van der Waals surface area contributed by atoms with E-state index in [-0.39, 0.29) is 6.10 Å². The van der Waals surface area contributed by atoms with Gasteiger partial charge in [-0.15, -0.1) is 11.3 Å². The second-order valence-corrected chi connectivity index (χ2v) is 5.02. The lowest BCUT2D eigenvalue weighted by Crippen LogP contribution is -2.30. The van der Waals surface area contributed by atoms with Crippen LogP contribution in [0.25, 0.3) is 0 Å². The zero-order valence-electron chi connectivity index (χ0n) is 7.87. The maximum absolute atomic E-state index is 10.1. The molecule has 4 heteroatoms. The van der Waals surface area contributed by atoms with Gasteiger partial charge >= 0.3 is 0 Å². The topological polar surface area (TPSA) is 32.3 Å². The van der Waals surface area contributed by atoms with Crippen LogP contribution in [0.5, 0.6) is 0 Å².